The van der Waals surface area contributed by atoms with Crippen LogP contribution in [0.15, 0.2) is 36.5 Å². The Balaban J connectivity index is 2.07. The van der Waals surface area contributed by atoms with Crippen molar-refractivity contribution in [2.45, 2.75) is 24.5 Å². The molecule has 5 nitrogen and oxygen atoms in total. The van der Waals surface area contributed by atoms with Crippen LogP contribution in [0.5, 0.6) is 0 Å². The van der Waals surface area contributed by atoms with E-state index in [1.54, 1.807) is 10.8 Å². The molecule has 1 aliphatic heterocycles. The number of nitrogens with zero attached hydrogens (tertiary/aromatic N) is 1. The van der Waals surface area contributed by atoms with Crippen molar-refractivity contribution in [1.82, 2.24) is 4.57 Å². The van der Waals surface area contributed by atoms with Crippen molar-refractivity contribution in [3.63, 3.8) is 0 Å². The average Bonchev–Trinajstić information content (AvgIpc) is 2.76. The minimum absolute atomic E-state index is 0.352. The van der Waals surface area contributed by atoms with E-state index in [0.717, 1.165) is 10.8 Å². The first-order valence-corrected chi connectivity index (χ1v) is 6.76. The summed E-state index contributed by atoms with van der Waals surface area (Å²) in [6.07, 6.45) is -2.12. The third-order valence-corrected chi connectivity index (χ3v) is 4.06. The van der Waals surface area contributed by atoms with Gasteiger partial charge in [-0.2, -0.15) is 0 Å². The minimum atomic E-state index is -1.13. The highest BCUT2D eigenvalue weighted by Gasteiger charge is 2.43. The van der Waals surface area contributed by atoms with Crippen LogP contribution in [-0.4, -0.2) is 44.8 Å². The summed E-state index contributed by atoms with van der Waals surface area (Å²) in [6.45, 7) is -0.352. The van der Waals surface area contributed by atoms with Gasteiger partial charge < -0.3 is 24.6 Å². The Morgan fingerprint density at radius 2 is 1.90 bits per heavy atom. The molecule has 4 atom stereocenters. The maximum absolute atomic E-state index is 10.1. The molecule has 2 heterocycles. The van der Waals surface area contributed by atoms with Crippen molar-refractivity contribution < 1.29 is 20.1 Å². The SMILES string of the molecule is OC[C@H]1O[C@@H](n2ccc3ccccc3c2=S)C(O)[C@H]1O. The first-order chi connectivity index (χ1) is 9.63. The molecule has 0 saturated carbocycles. The fraction of sp³-hybridized carbons (Fsp3) is 0.357. The quantitative estimate of drug-likeness (QED) is 0.720. The summed E-state index contributed by atoms with van der Waals surface area (Å²) in [7, 11) is 0. The summed E-state index contributed by atoms with van der Waals surface area (Å²) < 4.78 is 7.64. The number of hydrogen-bond acceptors (Lipinski definition) is 5. The van der Waals surface area contributed by atoms with Crippen LogP contribution in [0, 0.1) is 4.64 Å². The molecule has 1 saturated heterocycles. The summed E-state index contributed by atoms with van der Waals surface area (Å²) in [5.41, 5.74) is 0. The van der Waals surface area contributed by atoms with Crippen LogP contribution in [0.4, 0.5) is 0 Å². The van der Waals surface area contributed by atoms with Gasteiger partial charge in [-0.05, 0) is 11.5 Å². The second-order valence-electron chi connectivity index (χ2n) is 4.84. The van der Waals surface area contributed by atoms with Crippen molar-refractivity contribution in [3.8, 4) is 0 Å². The van der Waals surface area contributed by atoms with Gasteiger partial charge in [0.15, 0.2) is 6.23 Å². The molecular formula is C14H15NO4S. The second kappa shape index (κ2) is 5.23. The lowest BCUT2D eigenvalue weighted by Gasteiger charge is -2.19. The Labute approximate surface area is 120 Å². The summed E-state index contributed by atoms with van der Waals surface area (Å²) in [5, 5.41) is 30.9. The lowest BCUT2D eigenvalue weighted by Crippen LogP contribution is -2.33. The van der Waals surface area contributed by atoms with Crippen LogP contribution < -0.4 is 0 Å². The van der Waals surface area contributed by atoms with E-state index < -0.39 is 24.5 Å². The molecule has 1 aromatic heterocycles. The molecule has 1 aliphatic rings. The third-order valence-electron chi connectivity index (χ3n) is 3.63. The fourth-order valence-electron chi connectivity index (χ4n) is 2.51. The molecule has 0 aliphatic carbocycles. The van der Waals surface area contributed by atoms with E-state index in [2.05, 4.69) is 0 Å². The summed E-state index contributed by atoms with van der Waals surface area (Å²) in [5.74, 6) is 0. The van der Waals surface area contributed by atoms with Crippen LogP contribution in [-0.2, 0) is 4.74 Å². The summed E-state index contributed by atoms with van der Waals surface area (Å²) >= 11 is 5.42. The number of rotatable bonds is 2. The van der Waals surface area contributed by atoms with Crippen LogP contribution in [0.1, 0.15) is 6.23 Å². The van der Waals surface area contributed by atoms with E-state index in [9.17, 15) is 10.2 Å². The molecule has 0 bridgehead atoms. The molecular weight excluding hydrogens is 278 g/mol. The standard InChI is InChI=1S/C14H15NO4S/c16-7-10-11(17)12(18)13(19-10)15-6-5-8-3-1-2-4-9(8)14(15)20/h1-6,10-13,16-18H,7H2/t10-,11+,12?,13-/m1/s1. The normalized spacial score (nSPS) is 29.9. The van der Waals surface area contributed by atoms with E-state index in [1.807, 2.05) is 30.3 Å². The lowest BCUT2D eigenvalue weighted by molar-refractivity contribution is -0.0533. The van der Waals surface area contributed by atoms with Gasteiger partial charge in [0.05, 0.1) is 6.61 Å². The predicted molar refractivity (Wildman–Crippen MR) is 75.8 cm³/mol. The number of pyridine rings is 1. The highest BCUT2D eigenvalue weighted by Crippen LogP contribution is 2.30. The van der Waals surface area contributed by atoms with E-state index in [0.29, 0.717) is 4.64 Å². The van der Waals surface area contributed by atoms with E-state index in [4.69, 9.17) is 22.1 Å². The monoisotopic (exact) mass is 293 g/mol. The first-order valence-electron chi connectivity index (χ1n) is 6.36. The second-order valence-corrected chi connectivity index (χ2v) is 5.23. The van der Waals surface area contributed by atoms with Crippen LogP contribution in [0.25, 0.3) is 10.8 Å². The lowest BCUT2D eigenvalue weighted by atomic mass is 10.1. The molecule has 0 spiro atoms. The fourth-order valence-corrected chi connectivity index (χ4v) is 2.87. The van der Waals surface area contributed by atoms with Crippen molar-refractivity contribution in [1.29, 1.82) is 0 Å². The van der Waals surface area contributed by atoms with Crippen molar-refractivity contribution in [2.75, 3.05) is 6.61 Å². The Bertz CT molecular complexity index is 686. The molecule has 3 rings (SSSR count). The van der Waals surface area contributed by atoms with E-state index in [-0.39, 0.29) is 6.61 Å². The van der Waals surface area contributed by atoms with Gasteiger partial charge in [0.25, 0.3) is 0 Å². The van der Waals surface area contributed by atoms with Gasteiger partial charge in [0.1, 0.15) is 23.0 Å². The molecule has 1 aromatic carbocycles. The summed E-state index contributed by atoms with van der Waals surface area (Å²) in [4.78, 5) is 0. The van der Waals surface area contributed by atoms with E-state index in [1.165, 1.54) is 0 Å². The van der Waals surface area contributed by atoms with Crippen molar-refractivity contribution >= 4 is 23.0 Å². The van der Waals surface area contributed by atoms with Gasteiger partial charge >= 0.3 is 0 Å². The smallest absolute Gasteiger partial charge is 0.163 e. The molecule has 20 heavy (non-hydrogen) atoms. The number of hydrogen-bond donors (Lipinski definition) is 3. The largest absolute Gasteiger partial charge is 0.394 e. The number of aromatic nitrogens is 1. The zero-order valence-electron chi connectivity index (χ0n) is 10.6. The number of ether oxygens (including phenoxy) is 1. The van der Waals surface area contributed by atoms with Crippen LogP contribution in [0.2, 0.25) is 0 Å². The molecule has 106 valence electrons. The Morgan fingerprint density at radius 3 is 2.60 bits per heavy atom. The van der Waals surface area contributed by atoms with Gasteiger partial charge in [-0.1, -0.05) is 36.5 Å². The topological polar surface area (TPSA) is 74.9 Å². The number of aliphatic hydroxyl groups is 3. The van der Waals surface area contributed by atoms with Crippen molar-refractivity contribution in [2.24, 2.45) is 0 Å². The third kappa shape index (κ3) is 2.06. The number of fused-ring (bicyclic) bond motifs is 1. The molecule has 0 amide bonds. The average molecular weight is 293 g/mol. The van der Waals surface area contributed by atoms with Crippen LogP contribution in [0.3, 0.4) is 0 Å². The highest BCUT2D eigenvalue weighted by atomic mass is 32.1. The maximum atomic E-state index is 10.1. The molecule has 1 unspecified atom stereocenters. The summed E-state index contributed by atoms with van der Waals surface area (Å²) in [6, 6.07) is 9.54. The Kier molecular flexibility index (Phi) is 3.57. The molecule has 3 N–H and O–H groups in total. The van der Waals surface area contributed by atoms with Gasteiger partial charge in [-0.3, -0.25) is 0 Å². The van der Waals surface area contributed by atoms with Crippen LogP contribution >= 0.6 is 12.2 Å². The highest BCUT2D eigenvalue weighted by molar-refractivity contribution is 7.71. The number of aliphatic hydroxyl groups excluding tert-OH is 3. The first kappa shape index (κ1) is 13.7. The molecule has 2 aromatic rings. The molecule has 6 heteroatoms. The maximum Gasteiger partial charge on any atom is 0.163 e. The van der Waals surface area contributed by atoms with Gasteiger partial charge in [0.2, 0.25) is 0 Å². The minimum Gasteiger partial charge on any atom is -0.394 e. The number of benzene rings is 1. The van der Waals surface area contributed by atoms with Crippen molar-refractivity contribution in [3.05, 3.63) is 41.2 Å². The van der Waals surface area contributed by atoms with Gasteiger partial charge in [-0.25, -0.2) is 0 Å². The zero-order chi connectivity index (χ0) is 14.3. The van der Waals surface area contributed by atoms with Gasteiger partial charge in [-0.15, -0.1) is 0 Å². The molecule has 1 fully saturated rings. The van der Waals surface area contributed by atoms with Gasteiger partial charge in [0, 0.05) is 11.6 Å². The van der Waals surface area contributed by atoms with E-state index >= 15 is 0 Å². The Morgan fingerprint density at radius 1 is 1.15 bits per heavy atom. The predicted octanol–water partition coefficient (Wildman–Crippen LogP) is 0.982. The Hall–Kier alpha value is -1.31. The zero-order valence-corrected chi connectivity index (χ0v) is 11.4. The molecule has 0 radical (unpaired) electrons.